The van der Waals surface area contributed by atoms with Gasteiger partial charge in [0.2, 0.25) is 10.9 Å². The van der Waals surface area contributed by atoms with Gasteiger partial charge in [0.1, 0.15) is 16.4 Å². The molecule has 0 saturated carbocycles. The first-order valence-electron chi connectivity index (χ1n) is 13.3. The number of anilines is 2. The number of hydrogen-bond donors (Lipinski definition) is 0. The fraction of sp³-hybridized carbons (Fsp3) is 0.194. The maximum absolute atomic E-state index is 14.9. The van der Waals surface area contributed by atoms with Crippen LogP contribution in [0, 0.1) is 11.7 Å². The van der Waals surface area contributed by atoms with E-state index in [0.29, 0.717) is 27.7 Å². The SMILES string of the molecule is CC(C)Cc1nnc(N2C(=O)c3oc4ccc(Cl)cc4c(=O)c3C23C(=O)N(Cc2ccccc2F)c2ccccc23)s1. The van der Waals surface area contributed by atoms with Crippen molar-refractivity contribution in [3.05, 3.63) is 115 Å². The van der Waals surface area contributed by atoms with Gasteiger partial charge in [-0.05, 0) is 36.2 Å². The summed E-state index contributed by atoms with van der Waals surface area (Å²) in [7, 11) is 0. The summed E-state index contributed by atoms with van der Waals surface area (Å²) in [5, 5.41) is 9.88. The minimum atomic E-state index is -1.96. The molecule has 7 rings (SSSR count). The minimum absolute atomic E-state index is 0.124. The molecule has 8 nitrogen and oxygen atoms in total. The lowest BCUT2D eigenvalue weighted by Crippen LogP contribution is -2.53. The Morgan fingerprint density at radius 1 is 1.02 bits per heavy atom. The zero-order valence-electron chi connectivity index (χ0n) is 22.4. The number of carbonyl (C=O) groups is 2. The van der Waals surface area contributed by atoms with E-state index in [1.54, 1.807) is 48.5 Å². The van der Waals surface area contributed by atoms with Gasteiger partial charge in [0.25, 0.3) is 11.8 Å². The molecule has 4 heterocycles. The first-order chi connectivity index (χ1) is 20.2. The first-order valence-corrected chi connectivity index (χ1v) is 14.5. The smallest absolute Gasteiger partial charge is 0.297 e. The van der Waals surface area contributed by atoms with E-state index in [2.05, 4.69) is 10.2 Å². The molecule has 0 aliphatic carbocycles. The number of halogens is 2. The molecule has 0 bridgehead atoms. The van der Waals surface area contributed by atoms with Crippen molar-refractivity contribution in [1.82, 2.24) is 10.2 Å². The van der Waals surface area contributed by atoms with Crippen LogP contribution in [-0.4, -0.2) is 22.0 Å². The second kappa shape index (κ2) is 9.57. The Morgan fingerprint density at radius 2 is 1.79 bits per heavy atom. The van der Waals surface area contributed by atoms with Gasteiger partial charge in [-0.15, -0.1) is 10.2 Å². The normalized spacial score (nSPS) is 17.6. The van der Waals surface area contributed by atoms with Crippen LogP contribution in [0.3, 0.4) is 0 Å². The fourth-order valence-corrected chi connectivity index (χ4v) is 7.13. The quantitative estimate of drug-likeness (QED) is 0.242. The summed E-state index contributed by atoms with van der Waals surface area (Å²) < 4.78 is 20.9. The molecule has 0 fully saturated rings. The van der Waals surface area contributed by atoms with Gasteiger partial charge in [0.05, 0.1) is 23.2 Å². The molecule has 11 heteroatoms. The topological polar surface area (TPSA) is 96.6 Å². The van der Waals surface area contributed by atoms with Gasteiger partial charge in [0, 0.05) is 22.6 Å². The Morgan fingerprint density at radius 3 is 2.57 bits per heavy atom. The Bertz CT molecular complexity index is 2010. The van der Waals surface area contributed by atoms with Gasteiger partial charge in [-0.1, -0.05) is 73.2 Å². The second-order valence-corrected chi connectivity index (χ2v) is 12.2. The van der Waals surface area contributed by atoms with Gasteiger partial charge in [-0.25, -0.2) is 4.39 Å². The van der Waals surface area contributed by atoms with Crippen LogP contribution in [0.4, 0.5) is 15.2 Å². The monoisotopic (exact) mass is 600 g/mol. The Balaban J connectivity index is 1.54. The van der Waals surface area contributed by atoms with Gasteiger partial charge < -0.3 is 9.32 Å². The summed E-state index contributed by atoms with van der Waals surface area (Å²) in [4.78, 5) is 46.1. The van der Waals surface area contributed by atoms with E-state index in [1.165, 1.54) is 39.3 Å². The number of aromatic nitrogens is 2. The van der Waals surface area contributed by atoms with Gasteiger partial charge in [-0.2, -0.15) is 0 Å². The zero-order chi connectivity index (χ0) is 29.3. The van der Waals surface area contributed by atoms with Crippen molar-refractivity contribution in [3.63, 3.8) is 0 Å². The Kier molecular flexibility index (Phi) is 6.04. The van der Waals surface area contributed by atoms with E-state index in [0.717, 1.165) is 0 Å². The molecular weight excluding hydrogens is 579 g/mol. The van der Waals surface area contributed by atoms with E-state index < -0.39 is 28.6 Å². The number of para-hydroxylation sites is 1. The minimum Gasteiger partial charge on any atom is -0.450 e. The van der Waals surface area contributed by atoms with Crippen LogP contribution in [0.25, 0.3) is 11.0 Å². The molecule has 42 heavy (non-hydrogen) atoms. The number of benzene rings is 3. The molecule has 210 valence electrons. The molecular formula is C31H22ClFN4O4S. The summed E-state index contributed by atoms with van der Waals surface area (Å²) in [6.45, 7) is 3.95. The number of rotatable bonds is 5. The van der Waals surface area contributed by atoms with Crippen LogP contribution in [0.1, 0.15) is 46.1 Å². The molecule has 2 aromatic heterocycles. The van der Waals surface area contributed by atoms with E-state index in [9.17, 15) is 18.8 Å². The number of amides is 2. The molecule has 2 amide bonds. The highest BCUT2D eigenvalue weighted by Crippen LogP contribution is 2.54. The third-order valence-electron chi connectivity index (χ3n) is 7.60. The lowest BCUT2D eigenvalue weighted by Gasteiger charge is -2.32. The first kappa shape index (κ1) is 26.5. The molecule has 1 unspecified atom stereocenters. The van der Waals surface area contributed by atoms with Crippen molar-refractivity contribution >= 4 is 56.5 Å². The van der Waals surface area contributed by atoms with Crippen LogP contribution < -0.4 is 15.2 Å². The standard InChI is InChI=1S/C31H22ClFN4O4S/c1-16(2)13-24-34-35-30(42-24)37-28(39)27-25(26(38)19-14-18(32)11-12-23(19)41-27)31(37)20-8-4-6-10-22(20)36(29(31)40)15-17-7-3-5-9-21(17)33/h3-12,14,16H,13,15H2,1-2H3. The van der Waals surface area contributed by atoms with Gasteiger partial charge in [-0.3, -0.25) is 19.3 Å². The zero-order valence-corrected chi connectivity index (χ0v) is 24.0. The van der Waals surface area contributed by atoms with Crippen LogP contribution >= 0.6 is 22.9 Å². The van der Waals surface area contributed by atoms with Crippen molar-refractivity contribution in [2.24, 2.45) is 5.92 Å². The van der Waals surface area contributed by atoms with Crippen molar-refractivity contribution in [1.29, 1.82) is 0 Å². The van der Waals surface area contributed by atoms with Crippen molar-refractivity contribution < 1.29 is 18.4 Å². The highest BCUT2D eigenvalue weighted by Gasteiger charge is 2.66. The summed E-state index contributed by atoms with van der Waals surface area (Å²) in [6.07, 6.45) is 0.614. The lowest BCUT2D eigenvalue weighted by molar-refractivity contribution is -0.121. The van der Waals surface area contributed by atoms with Crippen LogP contribution in [-0.2, 0) is 23.3 Å². The van der Waals surface area contributed by atoms with Crippen LogP contribution in [0.15, 0.2) is 75.9 Å². The van der Waals surface area contributed by atoms with Crippen molar-refractivity contribution in [3.8, 4) is 0 Å². The van der Waals surface area contributed by atoms with Crippen LogP contribution in [0.2, 0.25) is 5.02 Å². The number of fused-ring (bicyclic) bond motifs is 5. The summed E-state index contributed by atoms with van der Waals surface area (Å²) in [5.74, 6) is -1.76. The number of hydrogen-bond acceptors (Lipinski definition) is 7. The predicted molar refractivity (Wildman–Crippen MR) is 158 cm³/mol. The molecule has 2 aliphatic rings. The largest absolute Gasteiger partial charge is 0.450 e. The fourth-order valence-electron chi connectivity index (χ4n) is 5.86. The van der Waals surface area contributed by atoms with Crippen LogP contribution in [0.5, 0.6) is 0 Å². The molecule has 0 radical (unpaired) electrons. The average Bonchev–Trinajstić information content (AvgIpc) is 3.59. The molecule has 1 spiro atoms. The second-order valence-electron chi connectivity index (χ2n) is 10.7. The van der Waals surface area contributed by atoms with E-state index in [4.69, 9.17) is 16.0 Å². The molecule has 3 aromatic carbocycles. The third kappa shape index (κ3) is 3.68. The third-order valence-corrected chi connectivity index (χ3v) is 8.77. The summed E-state index contributed by atoms with van der Waals surface area (Å²) in [5.41, 5.74) is -1.39. The Hall–Kier alpha value is -4.41. The van der Waals surface area contributed by atoms with E-state index in [1.807, 2.05) is 13.8 Å². The summed E-state index contributed by atoms with van der Waals surface area (Å²) >= 11 is 7.42. The van der Waals surface area contributed by atoms with Gasteiger partial charge in [0.15, 0.2) is 11.0 Å². The van der Waals surface area contributed by atoms with Gasteiger partial charge >= 0.3 is 0 Å². The molecule has 0 N–H and O–H groups in total. The maximum atomic E-state index is 14.9. The molecule has 0 saturated heterocycles. The average molecular weight is 601 g/mol. The van der Waals surface area contributed by atoms with Crippen molar-refractivity contribution in [2.75, 3.05) is 9.80 Å². The lowest BCUT2D eigenvalue weighted by atomic mass is 9.84. The molecule has 2 aliphatic heterocycles. The Labute approximate surface area is 248 Å². The highest BCUT2D eigenvalue weighted by atomic mass is 35.5. The van der Waals surface area contributed by atoms with Crippen molar-refractivity contribution in [2.45, 2.75) is 32.4 Å². The number of nitrogens with zero attached hydrogens (tertiary/aromatic N) is 4. The maximum Gasteiger partial charge on any atom is 0.297 e. The van der Waals surface area contributed by atoms with E-state index in [-0.39, 0.29) is 45.5 Å². The summed E-state index contributed by atoms with van der Waals surface area (Å²) in [6, 6.07) is 17.6. The predicted octanol–water partition coefficient (Wildman–Crippen LogP) is 6.09. The molecule has 1 atom stereocenters. The number of carbonyl (C=O) groups excluding carboxylic acids is 2. The van der Waals surface area contributed by atoms with E-state index >= 15 is 0 Å². The highest BCUT2D eigenvalue weighted by molar-refractivity contribution is 7.15. The molecule has 5 aromatic rings.